The number of anilines is 1. The molecule has 11 nitrogen and oxygen atoms in total. The van der Waals surface area contributed by atoms with E-state index in [9.17, 15) is 24.6 Å². The van der Waals surface area contributed by atoms with Crippen LogP contribution in [0.5, 0.6) is 5.75 Å². The number of imidazole rings is 1. The zero-order valence-electron chi connectivity index (χ0n) is 30.7. The highest BCUT2D eigenvalue weighted by Gasteiger charge is 2.39. The van der Waals surface area contributed by atoms with Gasteiger partial charge in [-0.05, 0) is 83.6 Å². The molecule has 0 aliphatic rings. The van der Waals surface area contributed by atoms with E-state index >= 15 is 0 Å². The molecule has 53 heavy (non-hydrogen) atoms. The third kappa shape index (κ3) is 8.46. The Morgan fingerprint density at radius 1 is 0.925 bits per heavy atom. The van der Waals surface area contributed by atoms with Crippen LogP contribution in [0.3, 0.4) is 0 Å². The van der Waals surface area contributed by atoms with E-state index in [4.69, 9.17) is 4.43 Å². The van der Waals surface area contributed by atoms with Crippen LogP contribution < -0.4 is 21.9 Å². The van der Waals surface area contributed by atoms with E-state index in [1.54, 1.807) is 16.7 Å². The molecule has 0 saturated carbocycles. The molecule has 6 rings (SSSR count). The fourth-order valence-electron chi connectivity index (χ4n) is 6.45. The van der Waals surface area contributed by atoms with Gasteiger partial charge in [-0.15, -0.1) is 0 Å². The molecule has 0 radical (unpaired) electrons. The lowest BCUT2D eigenvalue weighted by Gasteiger charge is -2.39. The second kappa shape index (κ2) is 15.3. The van der Waals surface area contributed by atoms with Gasteiger partial charge in [-0.3, -0.25) is 14.7 Å². The third-order valence-corrected chi connectivity index (χ3v) is 14.7. The minimum Gasteiger partial charge on any atom is -0.506 e. The number of fused-ring (bicyclic) bond motifs is 2. The van der Waals surface area contributed by atoms with E-state index < -0.39 is 14.4 Å². The Kier molecular flexibility index (Phi) is 10.8. The molecule has 0 aliphatic carbocycles. The Balaban J connectivity index is 1.15. The SMILES string of the molecule is CC(C)(C)[Si](C)(C)O[C@@H](CNCc1ccc2c(c1)[nH]c(=O)n2CCCc1ccc(-c2ccccc2)c(NC(=O)O)c1)c1ccc(O)c2[nH]c(=O)ccc12. The maximum atomic E-state index is 13.1. The van der Waals surface area contributed by atoms with Crippen molar-refractivity contribution in [2.45, 2.75) is 70.9 Å². The highest BCUT2D eigenvalue weighted by molar-refractivity contribution is 6.74. The zero-order valence-corrected chi connectivity index (χ0v) is 31.7. The maximum absolute atomic E-state index is 13.1. The van der Waals surface area contributed by atoms with Crippen LogP contribution in [0.2, 0.25) is 18.1 Å². The van der Waals surface area contributed by atoms with Gasteiger partial charge in [0.15, 0.2) is 8.32 Å². The molecule has 1 amide bonds. The number of pyridine rings is 1. The molecule has 0 fully saturated rings. The summed E-state index contributed by atoms with van der Waals surface area (Å²) < 4.78 is 8.68. The van der Waals surface area contributed by atoms with Gasteiger partial charge < -0.3 is 29.9 Å². The number of hydrogen-bond donors (Lipinski definition) is 6. The Labute approximate surface area is 308 Å². The molecule has 0 saturated heterocycles. The van der Waals surface area contributed by atoms with Gasteiger partial charge in [-0.2, -0.15) is 0 Å². The van der Waals surface area contributed by atoms with Crippen LogP contribution in [0.25, 0.3) is 33.1 Å². The Morgan fingerprint density at radius 3 is 2.42 bits per heavy atom. The molecular weight excluding hydrogens is 687 g/mol. The number of hydrogen-bond acceptors (Lipinski definition) is 6. The smallest absolute Gasteiger partial charge is 0.409 e. The first-order valence-electron chi connectivity index (χ1n) is 17.8. The van der Waals surface area contributed by atoms with E-state index in [-0.39, 0.29) is 28.1 Å². The molecule has 6 aromatic rings. The fraction of sp³-hybridized carbons (Fsp3) is 0.293. The quantitative estimate of drug-likeness (QED) is 0.0654. The number of nitrogens with one attached hydrogen (secondary N) is 4. The van der Waals surface area contributed by atoms with Gasteiger partial charge in [0.2, 0.25) is 5.56 Å². The lowest BCUT2D eigenvalue weighted by Crippen LogP contribution is -2.43. The molecule has 0 aliphatic heterocycles. The Morgan fingerprint density at radius 2 is 1.68 bits per heavy atom. The van der Waals surface area contributed by atoms with Gasteiger partial charge in [0, 0.05) is 36.7 Å². The summed E-state index contributed by atoms with van der Waals surface area (Å²) in [5, 5.41) is 26.7. The molecule has 1 atom stereocenters. The van der Waals surface area contributed by atoms with Gasteiger partial charge in [-0.25, -0.2) is 9.59 Å². The van der Waals surface area contributed by atoms with Crippen molar-refractivity contribution in [3.8, 4) is 16.9 Å². The van der Waals surface area contributed by atoms with E-state index in [0.29, 0.717) is 43.7 Å². The topological polar surface area (TPSA) is 161 Å². The number of benzene rings is 4. The fourth-order valence-corrected chi connectivity index (χ4v) is 7.73. The second-order valence-corrected chi connectivity index (χ2v) is 19.8. The Bertz CT molecular complexity index is 2380. The molecule has 6 N–H and O–H groups in total. The molecular formula is C41H47N5O6Si. The molecule has 4 aromatic carbocycles. The average molecular weight is 734 g/mol. The second-order valence-electron chi connectivity index (χ2n) is 15.0. The number of amides is 1. The molecule has 2 aromatic heterocycles. The molecule has 2 heterocycles. The number of H-pyrrole nitrogens is 2. The first-order chi connectivity index (χ1) is 25.2. The van der Waals surface area contributed by atoms with Gasteiger partial charge >= 0.3 is 11.8 Å². The molecule has 0 spiro atoms. The van der Waals surface area contributed by atoms with Gasteiger partial charge in [0.1, 0.15) is 5.75 Å². The summed E-state index contributed by atoms with van der Waals surface area (Å²) in [7, 11) is -2.23. The minimum atomic E-state index is -2.23. The number of aromatic amines is 2. The third-order valence-electron chi connectivity index (χ3n) is 10.3. The highest BCUT2D eigenvalue weighted by Crippen LogP contribution is 2.41. The predicted molar refractivity (Wildman–Crippen MR) is 213 cm³/mol. The van der Waals surface area contributed by atoms with E-state index in [0.717, 1.165) is 44.2 Å². The maximum Gasteiger partial charge on any atom is 0.409 e. The van der Waals surface area contributed by atoms with Crippen LogP contribution in [-0.2, 0) is 23.9 Å². The summed E-state index contributed by atoms with van der Waals surface area (Å²) in [6.45, 7) is 12.5. The van der Waals surface area contributed by atoms with Crippen LogP contribution in [0, 0.1) is 0 Å². The summed E-state index contributed by atoms with van der Waals surface area (Å²) in [6.07, 6.45) is -0.124. The Hall–Kier alpha value is -5.43. The van der Waals surface area contributed by atoms with E-state index in [1.807, 2.05) is 72.8 Å². The van der Waals surface area contributed by atoms with Crippen molar-refractivity contribution in [3.05, 3.63) is 129 Å². The predicted octanol–water partition coefficient (Wildman–Crippen LogP) is 8.12. The number of carbonyl (C=O) groups is 1. The number of carboxylic acid groups (broad SMARTS) is 1. The molecule has 0 bridgehead atoms. The number of rotatable bonds is 13. The van der Waals surface area contributed by atoms with Gasteiger partial charge in [-0.1, -0.05) is 75.4 Å². The van der Waals surface area contributed by atoms with Crippen LogP contribution in [0.1, 0.15) is 50.0 Å². The monoisotopic (exact) mass is 733 g/mol. The van der Waals surface area contributed by atoms with Gasteiger partial charge in [0.05, 0.1) is 28.3 Å². The lowest BCUT2D eigenvalue weighted by molar-refractivity contribution is 0.181. The minimum absolute atomic E-state index is 0.00869. The first-order valence-corrected chi connectivity index (χ1v) is 20.7. The van der Waals surface area contributed by atoms with E-state index in [2.05, 4.69) is 54.5 Å². The largest absolute Gasteiger partial charge is 0.506 e. The summed E-state index contributed by atoms with van der Waals surface area (Å²) in [5.74, 6) is 0.00869. The summed E-state index contributed by atoms with van der Waals surface area (Å²) in [5.41, 5.74) is 6.58. The van der Waals surface area contributed by atoms with Crippen molar-refractivity contribution >= 4 is 42.0 Å². The number of aromatic hydroxyl groups is 1. The molecule has 0 unspecified atom stereocenters. The van der Waals surface area contributed by atoms with Crippen molar-refractivity contribution in [2.75, 3.05) is 11.9 Å². The van der Waals surface area contributed by atoms with Crippen molar-refractivity contribution in [3.63, 3.8) is 0 Å². The lowest BCUT2D eigenvalue weighted by atomic mass is 9.99. The van der Waals surface area contributed by atoms with Crippen LogP contribution in [-0.4, -0.2) is 45.7 Å². The number of nitrogens with zero attached hydrogens (tertiary/aromatic N) is 1. The highest BCUT2D eigenvalue weighted by atomic mass is 28.4. The van der Waals surface area contributed by atoms with Crippen LogP contribution in [0.4, 0.5) is 10.5 Å². The van der Waals surface area contributed by atoms with Crippen molar-refractivity contribution in [1.82, 2.24) is 19.9 Å². The molecule has 12 heteroatoms. The summed E-state index contributed by atoms with van der Waals surface area (Å²) >= 11 is 0. The van der Waals surface area contributed by atoms with Crippen LogP contribution in [0.15, 0.2) is 101 Å². The normalized spacial score (nSPS) is 12.7. The summed E-state index contributed by atoms with van der Waals surface area (Å²) in [4.78, 5) is 42.4. The summed E-state index contributed by atoms with van der Waals surface area (Å²) in [6, 6.07) is 28.0. The first kappa shape index (κ1) is 37.3. The number of phenolic OH excluding ortho intramolecular Hbond substituents is 1. The standard InChI is InChI=1S/C41H47N5O6Si/c1-41(2,3)53(4,5)52-36(30-16-19-35(47)38-31(30)17-20-37(48)45-38)25-42-24-27-14-18-34-33(23-27)43-39(49)46(34)21-9-10-26-13-15-29(28-11-7-6-8-12-28)32(22-26)44-40(50)51/h6-8,11-20,22-23,36,42,44,47H,9-10,21,24-25H2,1-5H3,(H,43,49)(H,45,48)(H,50,51)/t36-/m0/s1. The number of phenols is 1. The number of aryl methyl sites for hydroxylation is 2. The zero-order chi connectivity index (χ0) is 37.9. The van der Waals surface area contributed by atoms with Crippen molar-refractivity contribution < 1.29 is 19.4 Å². The van der Waals surface area contributed by atoms with Crippen LogP contribution >= 0.6 is 0 Å². The van der Waals surface area contributed by atoms with Crippen molar-refractivity contribution in [1.29, 1.82) is 0 Å². The average Bonchev–Trinajstić information content (AvgIpc) is 3.41. The number of aromatic nitrogens is 3. The molecule has 276 valence electrons. The van der Waals surface area contributed by atoms with E-state index in [1.165, 1.54) is 6.07 Å². The van der Waals surface area contributed by atoms with Crippen molar-refractivity contribution in [2.24, 2.45) is 0 Å². The van der Waals surface area contributed by atoms with Gasteiger partial charge in [0.25, 0.3) is 0 Å².